The average molecular weight is 135 g/mol. The minimum absolute atomic E-state index is 0.421. The Kier molecular flexibility index (Phi) is 1.07. The standard InChI is InChI=1S/C8H9NO/c1-6-2-3-8-7(9-6)4-5-10-8/h2-6,9H,1H3. The van der Waals surface area contributed by atoms with Gasteiger partial charge in [-0.15, -0.1) is 0 Å². The summed E-state index contributed by atoms with van der Waals surface area (Å²) >= 11 is 0. The maximum absolute atomic E-state index is 5.15. The molecule has 0 bridgehead atoms. The largest absolute Gasteiger partial charge is 0.463 e. The Balaban J connectivity index is 2.43. The second kappa shape index (κ2) is 1.90. The van der Waals surface area contributed by atoms with Crippen molar-refractivity contribution in [2.75, 3.05) is 5.32 Å². The molecule has 2 rings (SSSR count). The number of nitrogens with one attached hydrogen (secondary N) is 1. The Hall–Kier alpha value is -1.18. The molecule has 0 spiro atoms. The predicted octanol–water partition coefficient (Wildman–Crippen LogP) is 2.11. The summed E-state index contributed by atoms with van der Waals surface area (Å²) in [6.07, 6.45) is 5.77. The summed E-state index contributed by atoms with van der Waals surface area (Å²) in [5.74, 6) is 0.929. The molecule has 1 aliphatic rings. The van der Waals surface area contributed by atoms with Crippen molar-refractivity contribution in [1.29, 1.82) is 0 Å². The Morgan fingerprint density at radius 2 is 2.50 bits per heavy atom. The lowest BCUT2D eigenvalue weighted by Gasteiger charge is -2.13. The number of fused-ring (bicyclic) bond motifs is 1. The first-order valence-electron chi connectivity index (χ1n) is 3.38. The molecule has 0 aliphatic carbocycles. The van der Waals surface area contributed by atoms with Crippen LogP contribution in [0.15, 0.2) is 22.8 Å². The van der Waals surface area contributed by atoms with Gasteiger partial charge in [0.1, 0.15) is 5.76 Å². The molecule has 1 N–H and O–H groups in total. The summed E-state index contributed by atoms with van der Waals surface area (Å²) in [4.78, 5) is 0. The van der Waals surface area contributed by atoms with E-state index in [0.717, 1.165) is 11.4 Å². The molecule has 2 heterocycles. The molecular weight excluding hydrogens is 126 g/mol. The van der Waals surface area contributed by atoms with Crippen molar-refractivity contribution in [1.82, 2.24) is 0 Å². The van der Waals surface area contributed by atoms with E-state index in [9.17, 15) is 0 Å². The van der Waals surface area contributed by atoms with E-state index < -0.39 is 0 Å². The zero-order valence-corrected chi connectivity index (χ0v) is 5.79. The zero-order valence-electron chi connectivity index (χ0n) is 5.79. The molecule has 0 aromatic carbocycles. The SMILES string of the molecule is CC1C=Cc2occc2N1. The van der Waals surface area contributed by atoms with E-state index in [2.05, 4.69) is 18.3 Å². The van der Waals surface area contributed by atoms with Crippen molar-refractivity contribution in [3.63, 3.8) is 0 Å². The van der Waals surface area contributed by atoms with Crippen LogP contribution in [0.3, 0.4) is 0 Å². The van der Waals surface area contributed by atoms with Gasteiger partial charge in [-0.25, -0.2) is 0 Å². The second-order valence-electron chi connectivity index (χ2n) is 2.49. The molecule has 2 heteroatoms. The number of hydrogen-bond acceptors (Lipinski definition) is 2. The molecule has 52 valence electrons. The molecule has 0 fully saturated rings. The summed E-state index contributed by atoms with van der Waals surface area (Å²) in [6.45, 7) is 2.10. The molecule has 1 atom stereocenters. The van der Waals surface area contributed by atoms with Gasteiger partial charge in [0, 0.05) is 12.1 Å². The van der Waals surface area contributed by atoms with Crippen LogP contribution < -0.4 is 5.32 Å². The van der Waals surface area contributed by atoms with E-state index >= 15 is 0 Å². The van der Waals surface area contributed by atoms with Crippen LogP contribution in [0.4, 0.5) is 5.69 Å². The Morgan fingerprint density at radius 3 is 3.40 bits per heavy atom. The third-order valence-corrected chi connectivity index (χ3v) is 1.61. The summed E-state index contributed by atoms with van der Waals surface area (Å²) < 4.78 is 5.15. The van der Waals surface area contributed by atoms with Crippen LogP contribution in [0.1, 0.15) is 12.7 Å². The third kappa shape index (κ3) is 0.727. The zero-order chi connectivity index (χ0) is 6.97. The van der Waals surface area contributed by atoms with Crippen LogP contribution in [-0.2, 0) is 0 Å². The summed E-state index contributed by atoms with van der Waals surface area (Å²) in [5.41, 5.74) is 1.09. The van der Waals surface area contributed by atoms with E-state index in [-0.39, 0.29) is 0 Å². The van der Waals surface area contributed by atoms with Crippen molar-refractivity contribution in [3.05, 3.63) is 24.2 Å². The van der Waals surface area contributed by atoms with Gasteiger partial charge in [-0.1, -0.05) is 6.08 Å². The lowest BCUT2D eigenvalue weighted by Crippen LogP contribution is -2.14. The molecule has 1 aromatic heterocycles. The van der Waals surface area contributed by atoms with Gasteiger partial charge in [-0.2, -0.15) is 0 Å². The lowest BCUT2D eigenvalue weighted by atomic mass is 10.2. The Labute approximate surface area is 59.5 Å². The van der Waals surface area contributed by atoms with Crippen molar-refractivity contribution in [2.24, 2.45) is 0 Å². The maximum atomic E-state index is 5.15. The van der Waals surface area contributed by atoms with Gasteiger partial charge in [-0.05, 0) is 13.0 Å². The first-order chi connectivity index (χ1) is 4.86. The van der Waals surface area contributed by atoms with Crippen LogP contribution in [-0.4, -0.2) is 6.04 Å². The molecule has 1 aliphatic heterocycles. The minimum Gasteiger partial charge on any atom is -0.463 e. The fraction of sp³-hybridized carbons (Fsp3) is 0.250. The normalized spacial score (nSPS) is 21.9. The molecule has 0 radical (unpaired) electrons. The molecule has 10 heavy (non-hydrogen) atoms. The van der Waals surface area contributed by atoms with Gasteiger partial charge in [-0.3, -0.25) is 0 Å². The molecule has 1 unspecified atom stereocenters. The van der Waals surface area contributed by atoms with E-state index in [0.29, 0.717) is 6.04 Å². The minimum atomic E-state index is 0.421. The number of rotatable bonds is 0. The van der Waals surface area contributed by atoms with E-state index in [1.807, 2.05) is 12.1 Å². The van der Waals surface area contributed by atoms with Crippen molar-refractivity contribution in [3.8, 4) is 0 Å². The van der Waals surface area contributed by atoms with Crippen LogP contribution in [0.5, 0.6) is 0 Å². The Morgan fingerprint density at radius 1 is 1.60 bits per heavy atom. The fourth-order valence-corrected chi connectivity index (χ4v) is 1.09. The van der Waals surface area contributed by atoms with Gasteiger partial charge in [0.2, 0.25) is 0 Å². The predicted molar refractivity (Wildman–Crippen MR) is 40.8 cm³/mol. The van der Waals surface area contributed by atoms with Crippen LogP contribution in [0, 0.1) is 0 Å². The van der Waals surface area contributed by atoms with Gasteiger partial charge in [0.25, 0.3) is 0 Å². The number of hydrogen-bond donors (Lipinski definition) is 1. The van der Waals surface area contributed by atoms with Crippen LogP contribution in [0.25, 0.3) is 6.08 Å². The van der Waals surface area contributed by atoms with Gasteiger partial charge >= 0.3 is 0 Å². The molecule has 0 saturated heterocycles. The highest BCUT2D eigenvalue weighted by molar-refractivity contribution is 5.66. The quantitative estimate of drug-likeness (QED) is 0.589. The second-order valence-corrected chi connectivity index (χ2v) is 2.49. The first-order valence-corrected chi connectivity index (χ1v) is 3.38. The van der Waals surface area contributed by atoms with Crippen LogP contribution >= 0.6 is 0 Å². The maximum Gasteiger partial charge on any atom is 0.149 e. The highest BCUT2D eigenvalue weighted by Gasteiger charge is 2.09. The Bertz CT molecular complexity index is 262. The third-order valence-electron chi connectivity index (χ3n) is 1.61. The van der Waals surface area contributed by atoms with Gasteiger partial charge < -0.3 is 9.73 Å². The van der Waals surface area contributed by atoms with Crippen molar-refractivity contribution in [2.45, 2.75) is 13.0 Å². The van der Waals surface area contributed by atoms with Gasteiger partial charge in [0.15, 0.2) is 0 Å². The average Bonchev–Trinajstić information content (AvgIpc) is 2.33. The van der Waals surface area contributed by atoms with E-state index in [1.54, 1.807) is 6.26 Å². The van der Waals surface area contributed by atoms with Crippen molar-refractivity contribution >= 4 is 11.8 Å². The molecule has 2 nitrogen and oxygen atoms in total. The lowest BCUT2D eigenvalue weighted by molar-refractivity contribution is 0.556. The smallest absolute Gasteiger partial charge is 0.149 e. The summed E-state index contributed by atoms with van der Waals surface area (Å²) in [6, 6.07) is 2.36. The number of furan rings is 1. The number of anilines is 1. The molecular formula is C8H9NO. The molecule has 0 saturated carbocycles. The van der Waals surface area contributed by atoms with Gasteiger partial charge in [0.05, 0.1) is 12.0 Å². The fourth-order valence-electron chi connectivity index (χ4n) is 1.09. The van der Waals surface area contributed by atoms with E-state index in [1.165, 1.54) is 0 Å². The topological polar surface area (TPSA) is 25.2 Å². The first kappa shape index (κ1) is 5.59. The monoisotopic (exact) mass is 135 g/mol. The van der Waals surface area contributed by atoms with Crippen LogP contribution in [0.2, 0.25) is 0 Å². The molecule has 0 amide bonds. The van der Waals surface area contributed by atoms with Crippen molar-refractivity contribution < 1.29 is 4.42 Å². The summed E-state index contributed by atoms with van der Waals surface area (Å²) in [5, 5.41) is 3.26. The summed E-state index contributed by atoms with van der Waals surface area (Å²) in [7, 11) is 0. The molecule has 1 aromatic rings. The highest BCUT2D eigenvalue weighted by Crippen LogP contribution is 2.23. The van der Waals surface area contributed by atoms with E-state index in [4.69, 9.17) is 4.42 Å². The highest BCUT2D eigenvalue weighted by atomic mass is 16.3.